The van der Waals surface area contributed by atoms with Crippen molar-refractivity contribution in [3.63, 3.8) is 0 Å². The number of nitrogens with two attached hydrogens (primary N) is 1. The summed E-state index contributed by atoms with van der Waals surface area (Å²) in [4.78, 5) is 21.4. The van der Waals surface area contributed by atoms with Gasteiger partial charge in [0.2, 0.25) is 0 Å². The first kappa shape index (κ1) is 21.9. The lowest BCUT2D eigenvalue weighted by Crippen LogP contribution is -2.48. The topological polar surface area (TPSA) is 98.3 Å². The number of aryl methyl sites for hydroxylation is 1. The van der Waals surface area contributed by atoms with Crippen LogP contribution in [0, 0.1) is 6.92 Å². The molecule has 0 radical (unpaired) electrons. The van der Waals surface area contributed by atoms with E-state index in [0.717, 1.165) is 12.1 Å². The summed E-state index contributed by atoms with van der Waals surface area (Å²) >= 11 is 0. The van der Waals surface area contributed by atoms with Crippen LogP contribution in [-0.4, -0.2) is 40.9 Å². The van der Waals surface area contributed by atoms with Gasteiger partial charge in [0.05, 0.1) is 48.8 Å². The standard InChI is InChI=1S/C21H23F3N6O2/c1-12(14-7-15(21(22,23)24)9-16(25)8-14)26-20-17-11-30(29-3-5-32-6-4-29)19(31)10-18(17)27-13(2)28-20/h7-12H,3-6,25H2,1-2H3,(H,26,27,28)/t12-/m1/s1. The predicted molar refractivity (Wildman–Crippen MR) is 115 cm³/mol. The summed E-state index contributed by atoms with van der Waals surface area (Å²) in [7, 11) is 0. The normalized spacial score (nSPS) is 15.7. The van der Waals surface area contributed by atoms with Crippen molar-refractivity contribution in [2.45, 2.75) is 26.1 Å². The second-order valence-electron chi connectivity index (χ2n) is 7.69. The minimum atomic E-state index is -4.50. The summed E-state index contributed by atoms with van der Waals surface area (Å²) in [6, 6.07) is 4.35. The van der Waals surface area contributed by atoms with E-state index in [1.807, 2.05) is 5.01 Å². The monoisotopic (exact) mass is 448 g/mol. The van der Waals surface area contributed by atoms with Gasteiger partial charge in [0.15, 0.2) is 0 Å². The molecule has 3 N–H and O–H groups in total. The van der Waals surface area contributed by atoms with Crippen molar-refractivity contribution in [2.75, 3.05) is 42.4 Å². The summed E-state index contributed by atoms with van der Waals surface area (Å²) in [5, 5.41) is 5.61. The zero-order chi connectivity index (χ0) is 23.0. The van der Waals surface area contributed by atoms with Crippen LogP contribution in [0.2, 0.25) is 0 Å². The fourth-order valence-electron chi connectivity index (χ4n) is 3.69. The lowest BCUT2D eigenvalue weighted by Gasteiger charge is -2.30. The van der Waals surface area contributed by atoms with E-state index in [4.69, 9.17) is 10.5 Å². The van der Waals surface area contributed by atoms with Crippen LogP contribution in [0.15, 0.2) is 35.3 Å². The second-order valence-corrected chi connectivity index (χ2v) is 7.69. The molecule has 1 fully saturated rings. The molecule has 0 saturated carbocycles. The van der Waals surface area contributed by atoms with Crippen LogP contribution in [0.25, 0.3) is 10.9 Å². The van der Waals surface area contributed by atoms with Crippen LogP contribution in [-0.2, 0) is 10.9 Å². The molecule has 1 saturated heterocycles. The molecule has 4 rings (SSSR count). The smallest absolute Gasteiger partial charge is 0.399 e. The van der Waals surface area contributed by atoms with Gasteiger partial charge in [-0.25, -0.2) is 14.6 Å². The molecule has 1 aliphatic heterocycles. The van der Waals surface area contributed by atoms with Crippen molar-refractivity contribution in [2.24, 2.45) is 0 Å². The highest BCUT2D eigenvalue weighted by Crippen LogP contribution is 2.33. The van der Waals surface area contributed by atoms with Crippen LogP contribution in [0.4, 0.5) is 24.7 Å². The molecule has 3 aromatic rings. The van der Waals surface area contributed by atoms with Gasteiger partial charge >= 0.3 is 6.18 Å². The van der Waals surface area contributed by atoms with Crippen LogP contribution >= 0.6 is 0 Å². The highest BCUT2D eigenvalue weighted by Gasteiger charge is 2.31. The van der Waals surface area contributed by atoms with Crippen molar-refractivity contribution in [1.29, 1.82) is 0 Å². The number of nitrogen functional groups attached to an aromatic ring is 1. The van der Waals surface area contributed by atoms with E-state index in [9.17, 15) is 18.0 Å². The van der Waals surface area contributed by atoms with Crippen molar-refractivity contribution in [1.82, 2.24) is 14.6 Å². The third kappa shape index (κ3) is 4.47. The zero-order valence-electron chi connectivity index (χ0n) is 17.6. The Hall–Kier alpha value is -3.34. The molecule has 8 nitrogen and oxygen atoms in total. The molecular formula is C21H23F3N6O2. The van der Waals surface area contributed by atoms with E-state index < -0.39 is 17.8 Å². The molecule has 1 aromatic carbocycles. The maximum Gasteiger partial charge on any atom is 0.416 e. The van der Waals surface area contributed by atoms with Gasteiger partial charge in [0, 0.05) is 18.0 Å². The molecule has 0 aliphatic carbocycles. The van der Waals surface area contributed by atoms with E-state index in [-0.39, 0.29) is 11.2 Å². The van der Waals surface area contributed by atoms with E-state index >= 15 is 0 Å². The van der Waals surface area contributed by atoms with E-state index in [1.54, 1.807) is 20.0 Å². The quantitative estimate of drug-likeness (QED) is 0.593. The van der Waals surface area contributed by atoms with Gasteiger partial charge in [0.25, 0.3) is 5.56 Å². The molecule has 1 aliphatic rings. The lowest BCUT2D eigenvalue weighted by molar-refractivity contribution is -0.137. The average Bonchev–Trinajstić information content (AvgIpc) is 2.72. The Balaban J connectivity index is 1.74. The van der Waals surface area contributed by atoms with Gasteiger partial charge in [-0.3, -0.25) is 4.79 Å². The first-order valence-corrected chi connectivity index (χ1v) is 10.1. The average molecular weight is 448 g/mol. The molecule has 0 unspecified atom stereocenters. The fraction of sp³-hybridized carbons (Fsp3) is 0.381. The van der Waals surface area contributed by atoms with Crippen LogP contribution in [0.1, 0.15) is 29.9 Å². The van der Waals surface area contributed by atoms with Gasteiger partial charge in [-0.15, -0.1) is 0 Å². The number of nitrogens with zero attached hydrogens (tertiary/aromatic N) is 4. The SMILES string of the molecule is Cc1nc(N[C@H](C)c2cc(N)cc(C(F)(F)F)c2)c2cn(N3CCOCC3)c(=O)cc2n1. The van der Waals surface area contributed by atoms with Crippen LogP contribution in [0.3, 0.4) is 0 Å². The van der Waals surface area contributed by atoms with Crippen molar-refractivity contribution < 1.29 is 17.9 Å². The number of benzene rings is 1. The Bertz CT molecular complexity index is 1200. The van der Waals surface area contributed by atoms with Crippen molar-refractivity contribution in [3.05, 3.63) is 57.8 Å². The zero-order valence-corrected chi connectivity index (χ0v) is 17.6. The van der Waals surface area contributed by atoms with Gasteiger partial charge in [-0.1, -0.05) is 0 Å². The Morgan fingerprint density at radius 2 is 1.88 bits per heavy atom. The van der Waals surface area contributed by atoms with Crippen molar-refractivity contribution >= 4 is 22.4 Å². The number of nitrogens with one attached hydrogen (secondary N) is 1. The maximum atomic E-state index is 13.2. The summed E-state index contributed by atoms with van der Waals surface area (Å²) in [6.07, 6.45) is -2.85. The summed E-state index contributed by atoms with van der Waals surface area (Å²) < 4.78 is 46.5. The number of halogens is 3. The Labute approximate surface area is 181 Å². The van der Waals surface area contributed by atoms with E-state index in [1.165, 1.54) is 16.8 Å². The molecule has 170 valence electrons. The molecule has 32 heavy (non-hydrogen) atoms. The highest BCUT2D eigenvalue weighted by molar-refractivity contribution is 5.88. The van der Waals surface area contributed by atoms with Crippen molar-refractivity contribution in [3.8, 4) is 0 Å². The van der Waals surface area contributed by atoms with Gasteiger partial charge in [-0.05, 0) is 37.6 Å². The summed E-state index contributed by atoms with van der Waals surface area (Å²) in [6.45, 7) is 5.53. The van der Waals surface area contributed by atoms with E-state index in [2.05, 4.69) is 15.3 Å². The summed E-state index contributed by atoms with van der Waals surface area (Å²) in [5.41, 5.74) is 5.50. The Kier molecular flexibility index (Phi) is 5.68. The minimum Gasteiger partial charge on any atom is -0.399 e. The number of hydrogen-bond acceptors (Lipinski definition) is 7. The van der Waals surface area contributed by atoms with Crippen LogP contribution in [0.5, 0.6) is 0 Å². The first-order chi connectivity index (χ1) is 15.1. The molecular weight excluding hydrogens is 425 g/mol. The fourth-order valence-corrected chi connectivity index (χ4v) is 3.69. The molecule has 11 heteroatoms. The number of alkyl halides is 3. The van der Waals surface area contributed by atoms with Gasteiger partial charge < -0.3 is 20.8 Å². The van der Waals surface area contributed by atoms with E-state index in [0.29, 0.717) is 54.4 Å². The number of ether oxygens (including phenoxy) is 1. The Morgan fingerprint density at radius 3 is 2.56 bits per heavy atom. The lowest BCUT2D eigenvalue weighted by atomic mass is 10.0. The number of aromatic nitrogens is 3. The van der Waals surface area contributed by atoms with Gasteiger partial charge in [-0.2, -0.15) is 13.2 Å². The number of hydrogen-bond donors (Lipinski definition) is 2. The van der Waals surface area contributed by atoms with Crippen LogP contribution < -0.4 is 21.6 Å². The van der Waals surface area contributed by atoms with Gasteiger partial charge in [0.1, 0.15) is 11.6 Å². The molecule has 0 bridgehead atoms. The number of morpholine rings is 1. The molecule has 0 spiro atoms. The number of fused-ring (bicyclic) bond motifs is 1. The molecule has 0 amide bonds. The Morgan fingerprint density at radius 1 is 1.16 bits per heavy atom. The largest absolute Gasteiger partial charge is 0.416 e. The molecule has 1 atom stereocenters. The number of rotatable bonds is 4. The maximum absolute atomic E-state index is 13.2. The predicted octanol–water partition coefficient (Wildman–Crippen LogP) is 2.84. The second kappa shape index (κ2) is 8.30. The summed E-state index contributed by atoms with van der Waals surface area (Å²) in [5.74, 6) is 0.845. The highest BCUT2D eigenvalue weighted by atomic mass is 19.4. The third-order valence-corrected chi connectivity index (χ3v) is 5.27. The molecule has 3 heterocycles. The minimum absolute atomic E-state index is 0.0216. The number of anilines is 2. The third-order valence-electron chi connectivity index (χ3n) is 5.27. The number of pyridine rings is 1. The first-order valence-electron chi connectivity index (χ1n) is 10.1. The molecule has 2 aromatic heterocycles.